The molecule has 0 fully saturated rings. The number of unbranched alkanes of at least 4 members (excludes halogenated alkanes) is 2. The van der Waals surface area contributed by atoms with E-state index in [2.05, 4.69) is 10.6 Å². The number of rotatable bonds is 8. The number of anilines is 2. The molecule has 0 unspecified atom stereocenters. The maximum atomic E-state index is 13.0. The minimum absolute atomic E-state index is 0. The fourth-order valence-electron chi connectivity index (χ4n) is 2.78. The smallest absolute Gasteiger partial charge is 0.401 e. The summed E-state index contributed by atoms with van der Waals surface area (Å²) in [7, 11) is 0. The Kier molecular flexibility index (Phi) is 20.0. The summed E-state index contributed by atoms with van der Waals surface area (Å²) in [4.78, 5) is 0. The van der Waals surface area contributed by atoms with Crippen molar-refractivity contribution >= 4 is 11.4 Å². The van der Waals surface area contributed by atoms with Gasteiger partial charge in [-0.1, -0.05) is 26.7 Å². The first-order valence-electron chi connectivity index (χ1n) is 12.5. The van der Waals surface area contributed by atoms with Crippen LogP contribution in [0.15, 0.2) is 60.7 Å². The van der Waals surface area contributed by atoms with Gasteiger partial charge in [-0.05, 0) is 24.2 Å². The second-order valence-corrected chi connectivity index (χ2v) is 8.00. The summed E-state index contributed by atoms with van der Waals surface area (Å²) in [6.45, 7) is 4.28. The molecule has 0 aliphatic carbocycles. The van der Waals surface area contributed by atoms with Crippen molar-refractivity contribution in [3.05, 3.63) is 119 Å². The third-order valence-electron chi connectivity index (χ3n) is 4.86. The molecule has 0 saturated carbocycles. The van der Waals surface area contributed by atoms with Crippen LogP contribution in [0.25, 0.3) is 0 Å². The number of hydrogen-bond donors (Lipinski definition) is 2. The van der Waals surface area contributed by atoms with E-state index in [0.29, 0.717) is 12.8 Å². The first kappa shape index (κ1) is 37.9. The summed E-state index contributed by atoms with van der Waals surface area (Å²) < 4.78 is 103. The third-order valence-corrected chi connectivity index (χ3v) is 4.86. The van der Waals surface area contributed by atoms with Gasteiger partial charge in [0, 0.05) is 13.1 Å². The molecular formula is C30H30F8N2Ti. The SMILES string of the molecule is CCCCNc1c(F)c(F)[c-]c(F)c1F.CCCCNc1c(F)c(F)[c-]c(F)c1F.[Ti+4].c1cc[cH-]c1.c1cc[cH-]c1. The Morgan fingerprint density at radius 3 is 1.00 bits per heavy atom. The molecule has 11 heteroatoms. The predicted octanol–water partition coefficient (Wildman–Crippen LogP) is 9.32. The van der Waals surface area contributed by atoms with Gasteiger partial charge in [0.1, 0.15) is 0 Å². The second-order valence-electron chi connectivity index (χ2n) is 8.00. The van der Waals surface area contributed by atoms with Crippen molar-refractivity contribution in [2.45, 2.75) is 39.5 Å². The van der Waals surface area contributed by atoms with Gasteiger partial charge in [-0.2, -0.15) is 36.4 Å². The topological polar surface area (TPSA) is 24.1 Å². The molecule has 2 N–H and O–H groups in total. The maximum Gasteiger partial charge on any atom is 4.00 e. The van der Waals surface area contributed by atoms with Crippen LogP contribution in [0.3, 0.4) is 0 Å². The molecular weight excluding hydrogens is 588 g/mol. The molecule has 0 aliphatic heterocycles. The van der Waals surface area contributed by atoms with Crippen molar-refractivity contribution in [1.29, 1.82) is 0 Å². The molecule has 4 rings (SSSR count). The number of hydrogen-bond acceptors (Lipinski definition) is 2. The van der Waals surface area contributed by atoms with E-state index in [4.69, 9.17) is 0 Å². The molecule has 4 aromatic carbocycles. The summed E-state index contributed by atoms with van der Waals surface area (Å²) in [5.41, 5.74) is -1.53. The van der Waals surface area contributed by atoms with Crippen LogP contribution in [0.4, 0.5) is 46.5 Å². The van der Waals surface area contributed by atoms with Gasteiger partial charge in [0.2, 0.25) is 0 Å². The first-order valence-corrected chi connectivity index (χ1v) is 12.5. The zero-order valence-corrected chi connectivity index (χ0v) is 24.1. The zero-order chi connectivity index (χ0) is 29.9. The Labute approximate surface area is 250 Å². The van der Waals surface area contributed by atoms with Gasteiger partial charge in [-0.3, -0.25) is 17.6 Å². The van der Waals surface area contributed by atoms with Gasteiger partial charge < -0.3 is 10.6 Å². The van der Waals surface area contributed by atoms with Crippen LogP contribution in [0.1, 0.15) is 39.5 Å². The Balaban J connectivity index is 0.000000573. The molecule has 0 aliphatic rings. The third kappa shape index (κ3) is 13.9. The summed E-state index contributed by atoms with van der Waals surface area (Å²) in [5.74, 6) is -11.8. The van der Waals surface area contributed by atoms with E-state index in [1.807, 2.05) is 74.5 Å². The molecule has 0 amide bonds. The molecule has 0 heterocycles. The van der Waals surface area contributed by atoms with E-state index in [9.17, 15) is 35.1 Å². The van der Waals surface area contributed by atoms with E-state index in [0.717, 1.165) is 12.8 Å². The minimum Gasteiger partial charge on any atom is -0.401 e. The van der Waals surface area contributed by atoms with E-state index < -0.39 is 57.9 Å². The zero-order valence-electron chi connectivity index (χ0n) is 22.5. The predicted molar refractivity (Wildman–Crippen MR) is 141 cm³/mol. The van der Waals surface area contributed by atoms with E-state index in [1.165, 1.54) is 12.1 Å². The van der Waals surface area contributed by atoms with Gasteiger partial charge in [0.05, 0.1) is 46.5 Å². The van der Waals surface area contributed by atoms with Crippen molar-refractivity contribution in [3.8, 4) is 0 Å². The van der Waals surface area contributed by atoms with Crippen molar-refractivity contribution in [2.75, 3.05) is 23.7 Å². The fourth-order valence-corrected chi connectivity index (χ4v) is 2.78. The van der Waals surface area contributed by atoms with Crippen LogP contribution in [0.5, 0.6) is 0 Å². The molecule has 0 radical (unpaired) electrons. The van der Waals surface area contributed by atoms with E-state index in [1.54, 1.807) is 0 Å². The standard InChI is InChI=1S/2C10H10F4N.2C5H5.Ti/c2*1-2-3-4-15-10-8(13)6(11)5-7(12)9(10)14;2*1-2-4-5-3-1;/h2*15H,2-4H2,1H3;2*1-5H;/q4*-1;+4. The molecule has 4 aromatic rings. The Hall–Kier alpha value is -3.11. The molecule has 41 heavy (non-hydrogen) atoms. The molecule has 0 saturated heterocycles. The largest absolute Gasteiger partial charge is 4.00 e. The quantitative estimate of drug-likeness (QED) is 0.0677. The van der Waals surface area contributed by atoms with Crippen molar-refractivity contribution < 1.29 is 56.8 Å². The molecule has 0 spiro atoms. The Morgan fingerprint density at radius 2 is 0.805 bits per heavy atom. The monoisotopic (exact) mass is 618 g/mol. The molecule has 2 nitrogen and oxygen atoms in total. The average molecular weight is 618 g/mol. The Morgan fingerprint density at radius 1 is 0.537 bits per heavy atom. The van der Waals surface area contributed by atoms with Crippen molar-refractivity contribution in [2.24, 2.45) is 0 Å². The number of nitrogens with one attached hydrogen (secondary N) is 2. The fraction of sp³-hybridized carbons (Fsp3) is 0.267. The maximum absolute atomic E-state index is 13.0. The van der Waals surface area contributed by atoms with E-state index >= 15 is 0 Å². The first-order chi connectivity index (χ1) is 19.1. The molecule has 0 bridgehead atoms. The number of halogens is 8. The van der Waals surface area contributed by atoms with Crippen LogP contribution < -0.4 is 10.6 Å². The summed E-state index contributed by atoms with van der Waals surface area (Å²) in [6.07, 6.45) is 2.92. The molecule has 0 atom stereocenters. The van der Waals surface area contributed by atoms with Gasteiger partial charge >= 0.3 is 21.7 Å². The summed E-state index contributed by atoms with van der Waals surface area (Å²) >= 11 is 0. The van der Waals surface area contributed by atoms with Crippen molar-refractivity contribution in [1.82, 2.24) is 0 Å². The van der Waals surface area contributed by atoms with Crippen LogP contribution in [0, 0.1) is 58.7 Å². The normalized spacial score (nSPS) is 9.61. The minimum atomic E-state index is -1.52. The van der Waals surface area contributed by atoms with Gasteiger partial charge in [-0.25, -0.2) is 41.8 Å². The van der Waals surface area contributed by atoms with Crippen LogP contribution in [-0.2, 0) is 21.7 Å². The van der Waals surface area contributed by atoms with Crippen LogP contribution >= 0.6 is 0 Å². The van der Waals surface area contributed by atoms with Gasteiger partial charge in [0.25, 0.3) is 0 Å². The molecule has 0 aromatic heterocycles. The Bertz CT molecular complexity index is 1030. The van der Waals surface area contributed by atoms with Gasteiger partial charge in [-0.15, -0.1) is 12.1 Å². The van der Waals surface area contributed by atoms with Crippen LogP contribution in [0.2, 0.25) is 0 Å². The van der Waals surface area contributed by atoms with E-state index in [-0.39, 0.29) is 34.8 Å². The molecule has 220 valence electrons. The second kappa shape index (κ2) is 21.6. The number of benzene rings is 2. The summed E-state index contributed by atoms with van der Waals surface area (Å²) in [6, 6.07) is 22.6. The van der Waals surface area contributed by atoms with Gasteiger partial charge in [0.15, 0.2) is 0 Å². The van der Waals surface area contributed by atoms with Crippen molar-refractivity contribution in [3.63, 3.8) is 0 Å². The summed E-state index contributed by atoms with van der Waals surface area (Å²) in [5, 5.41) is 4.63. The van der Waals surface area contributed by atoms with Crippen LogP contribution in [-0.4, -0.2) is 13.1 Å². The average Bonchev–Trinajstić information content (AvgIpc) is 3.71.